The normalized spacial score (nSPS) is 14.9. The molecule has 1 heterocycles. The SMILES string of the molecule is Cc1cccc(CN2CCC(CNC(=O)Nc3ccccc3-c3ccccc3)CC2)c1. The van der Waals surface area contributed by atoms with E-state index in [0.717, 1.165) is 55.8 Å². The maximum Gasteiger partial charge on any atom is 0.319 e. The lowest BCUT2D eigenvalue weighted by molar-refractivity contribution is 0.175. The largest absolute Gasteiger partial charge is 0.338 e. The number of carbonyl (C=O) groups is 1. The molecule has 2 amide bonds. The Morgan fingerprint density at radius 1 is 0.935 bits per heavy atom. The number of hydrogen-bond acceptors (Lipinski definition) is 2. The zero-order valence-electron chi connectivity index (χ0n) is 18.2. The Morgan fingerprint density at radius 2 is 1.68 bits per heavy atom. The van der Waals surface area contributed by atoms with Crippen molar-refractivity contribution in [2.45, 2.75) is 26.3 Å². The molecule has 1 aliphatic heterocycles. The van der Waals surface area contributed by atoms with E-state index in [2.05, 4.69) is 58.9 Å². The van der Waals surface area contributed by atoms with Crippen molar-refractivity contribution in [1.82, 2.24) is 10.2 Å². The summed E-state index contributed by atoms with van der Waals surface area (Å²) >= 11 is 0. The maximum absolute atomic E-state index is 12.5. The highest BCUT2D eigenvalue weighted by molar-refractivity contribution is 5.94. The molecule has 1 saturated heterocycles. The van der Waals surface area contributed by atoms with Crippen molar-refractivity contribution in [1.29, 1.82) is 0 Å². The number of hydrogen-bond donors (Lipinski definition) is 2. The molecule has 3 aromatic carbocycles. The van der Waals surface area contributed by atoms with Gasteiger partial charge in [-0.25, -0.2) is 4.79 Å². The van der Waals surface area contributed by atoms with E-state index in [9.17, 15) is 4.79 Å². The van der Waals surface area contributed by atoms with Crippen LogP contribution in [0, 0.1) is 12.8 Å². The number of nitrogens with one attached hydrogen (secondary N) is 2. The van der Waals surface area contributed by atoms with E-state index >= 15 is 0 Å². The summed E-state index contributed by atoms with van der Waals surface area (Å²) in [5, 5.41) is 6.12. The van der Waals surface area contributed by atoms with E-state index in [1.165, 1.54) is 11.1 Å². The molecule has 31 heavy (non-hydrogen) atoms. The first-order valence-corrected chi connectivity index (χ1v) is 11.1. The summed E-state index contributed by atoms with van der Waals surface area (Å²) in [7, 11) is 0. The number of carbonyl (C=O) groups excluding carboxylic acids is 1. The van der Waals surface area contributed by atoms with E-state index < -0.39 is 0 Å². The van der Waals surface area contributed by atoms with Crippen molar-refractivity contribution >= 4 is 11.7 Å². The molecule has 0 aliphatic carbocycles. The van der Waals surface area contributed by atoms with Gasteiger partial charge in [0.05, 0.1) is 5.69 Å². The van der Waals surface area contributed by atoms with Crippen LogP contribution in [0.5, 0.6) is 0 Å². The number of likely N-dealkylation sites (tertiary alicyclic amines) is 1. The summed E-state index contributed by atoms with van der Waals surface area (Å²) in [4.78, 5) is 15.1. The van der Waals surface area contributed by atoms with E-state index in [4.69, 9.17) is 0 Å². The number of anilines is 1. The number of piperidine rings is 1. The summed E-state index contributed by atoms with van der Waals surface area (Å²) < 4.78 is 0. The lowest BCUT2D eigenvalue weighted by Crippen LogP contribution is -2.39. The Kier molecular flexibility index (Phi) is 7.00. The summed E-state index contributed by atoms with van der Waals surface area (Å²) in [6.07, 6.45) is 2.24. The van der Waals surface area contributed by atoms with Crippen LogP contribution in [0.15, 0.2) is 78.9 Å². The fourth-order valence-corrected chi connectivity index (χ4v) is 4.28. The number of para-hydroxylation sites is 1. The average Bonchev–Trinajstić information content (AvgIpc) is 2.80. The van der Waals surface area contributed by atoms with Crippen LogP contribution in [0.2, 0.25) is 0 Å². The number of urea groups is 1. The van der Waals surface area contributed by atoms with Crippen LogP contribution < -0.4 is 10.6 Å². The van der Waals surface area contributed by atoms with Crippen molar-refractivity contribution < 1.29 is 4.79 Å². The topological polar surface area (TPSA) is 44.4 Å². The second kappa shape index (κ2) is 10.3. The molecule has 1 fully saturated rings. The van der Waals surface area contributed by atoms with Crippen molar-refractivity contribution in [2.75, 3.05) is 25.0 Å². The lowest BCUT2D eigenvalue weighted by Gasteiger charge is -2.32. The van der Waals surface area contributed by atoms with Crippen LogP contribution in [-0.2, 0) is 6.54 Å². The monoisotopic (exact) mass is 413 g/mol. The molecule has 4 nitrogen and oxygen atoms in total. The summed E-state index contributed by atoms with van der Waals surface area (Å²) in [5.41, 5.74) is 5.66. The fourth-order valence-electron chi connectivity index (χ4n) is 4.28. The molecule has 0 bridgehead atoms. The third-order valence-corrected chi connectivity index (χ3v) is 6.01. The Balaban J connectivity index is 1.24. The van der Waals surface area contributed by atoms with Gasteiger partial charge in [-0.2, -0.15) is 0 Å². The summed E-state index contributed by atoms with van der Waals surface area (Å²) in [5.74, 6) is 0.531. The molecule has 3 aromatic rings. The lowest BCUT2D eigenvalue weighted by atomic mass is 9.96. The number of aryl methyl sites for hydroxylation is 1. The number of nitrogens with zero attached hydrogens (tertiary/aromatic N) is 1. The molecule has 0 unspecified atom stereocenters. The second-order valence-corrected chi connectivity index (χ2v) is 8.46. The fraction of sp³-hybridized carbons (Fsp3) is 0.296. The molecule has 4 rings (SSSR count). The quantitative estimate of drug-likeness (QED) is 0.545. The molecule has 1 aliphatic rings. The van der Waals surface area contributed by atoms with Crippen LogP contribution in [-0.4, -0.2) is 30.6 Å². The van der Waals surface area contributed by atoms with Gasteiger partial charge < -0.3 is 10.6 Å². The summed E-state index contributed by atoms with van der Waals surface area (Å²) in [6.45, 7) is 6.04. The highest BCUT2D eigenvalue weighted by Gasteiger charge is 2.20. The second-order valence-electron chi connectivity index (χ2n) is 8.46. The third kappa shape index (κ3) is 5.96. The Bertz CT molecular complexity index is 994. The van der Waals surface area contributed by atoms with Gasteiger partial charge in [0.2, 0.25) is 0 Å². The first kappa shape index (κ1) is 21.1. The molecule has 0 saturated carbocycles. The van der Waals surface area contributed by atoms with Gasteiger partial charge in [0.1, 0.15) is 0 Å². The first-order chi connectivity index (χ1) is 15.2. The predicted octanol–water partition coefficient (Wildman–Crippen LogP) is 5.70. The minimum atomic E-state index is -0.134. The number of rotatable bonds is 6. The van der Waals surface area contributed by atoms with E-state index in [1.807, 2.05) is 42.5 Å². The van der Waals surface area contributed by atoms with Gasteiger partial charge in [-0.05, 0) is 56.0 Å². The Hall–Kier alpha value is -3.11. The third-order valence-electron chi connectivity index (χ3n) is 6.01. The highest BCUT2D eigenvalue weighted by atomic mass is 16.2. The van der Waals surface area contributed by atoms with E-state index in [-0.39, 0.29) is 6.03 Å². The first-order valence-electron chi connectivity index (χ1n) is 11.1. The average molecular weight is 414 g/mol. The van der Waals surface area contributed by atoms with Gasteiger partial charge in [-0.1, -0.05) is 78.4 Å². The van der Waals surface area contributed by atoms with E-state index in [0.29, 0.717) is 5.92 Å². The maximum atomic E-state index is 12.5. The van der Waals surface area contributed by atoms with Gasteiger partial charge in [-0.15, -0.1) is 0 Å². The smallest absolute Gasteiger partial charge is 0.319 e. The molecular formula is C27H31N3O. The van der Waals surface area contributed by atoms with Gasteiger partial charge in [0, 0.05) is 18.7 Å². The minimum Gasteiger partial charge on any atom is -0.338 e. The van der Waals surface area contributed by atoms with Gasteiger partial charge in [-0.3, -0.25) is 4.90 Å². The van der Waals surface area contributed by atoms with Crippen LogP contribution >= 0.6 is 0 Å². The molecule has 2 N–H and O–H groups in total. The standard InChI is InChI=1S/C27H31N3O/c1-21-8-7-9-23(18-21)20-30-16-14-22(15-17-30)19-28-27(31)29-26-13-6-5-12-25(26)24-10-3-2-4-11-24/h2-13,18,22H,14-17,19-20H2,1H3,(H2,28,29,31). The zero-order chi connectivity index (χ0) is 21.5. The number of benzene rings is 3. The van der Waals surface area contributed by atoms with Gasteiger partial charge in [0.25, 0.3) is 0 Å². The van der Waals surface area contributed by atoms with Crippen molar-refractivity contribution in [3.8, 4) is 11.1 Å². The van der Waals surface area contributed by atoms with Gasteiger partial charge >= 0.3 is 6.03 Å². The molecule has 0 spiro atoms. The molecule has 0 atom stereocenters. The minimum absolute atomic E-state index is 0.134. The Labute approximate surface area is 185 Å². The van der Waals surface area contributed by atoms with Crippen LogP contribution in [0.25, 0.3) is 11.1 Å². The zero-order valence-corrected chi connectivity index (χ0v) is 18.2. The highest BCUT2D eigenvalue weighted by Crippen LogP contribution is 2.27. The van der Waals surface area contributed by atoms with Gasteiger partial charge in [0.15, 0.2) is 0 Å². The molecule has 0 aromatic heterocycles. The number of amides is 2. The van der Waals surface area contributed by atoms with Crippen molar-refractivity contribution in [3.63, 3.8) is 0 Å². The molecule has 160 valence electrons. The molecular weight excluding hydrogens is 382 g/mol. The van der Waals surface area contributed by atoms with Crippen molar-refractivity contribution in [2.24, 2.45) is 5.92 Å². The Morgan fingerprint density at radius 3 is 2.45 bits per heavy atom. The molecule has 0 radical (unpaired) electrons. The van der Waals surface area contributed by atoms with Crippen LogP contribution in [0.3, 0.4) is 0 Å². The van der Waals surface area contributed by atoms with Crippen molar-refractivity contribution in [3.05, 3.63) is 90.0 Å². The van der Waals surface area contributed by atoms with Crippen LogP contribution in [0.4, 0.5) is 10.5 Å². The summed E-state index contributed by atoms with van der Waals surface area (Å²) in [6, 6.07) is 26.7. The van der Waals surface area contributed by atoms with Crippen LogP contribution in [0.1, 0.15) is 24.0 Å². The molecule has 4 heteroatoms. The predicted molar refractivity (Wildman–Crippen MR) is 128 cm³/mol. The van der Waals surface area contributed by atoms with E-state index in [1.54, 1.807) is 0 Å².